The van der Waals surface area contributed by atoms with Gasteiger partial charge in [-0.3, -0.25) is 9.59 Å². The number of rotatable bonds is 7. The van der Waals surface area contributed by atoms with Crippen molar-refractivity contribution in [2.45, 2.75) is 12.7 Å². The smallest absolute Gasteiger partial charge is 0.260 e. The Morgan fingerprint density at radius 2 is 1.66 bits per heavy atom. The van der Waals surface area contributed by atoms with E-state index in [0.717, 1.165) is 5.56 Å². The van der Waals surface area contributed by atoms with Crippen LogP contribution in [0.1, 0.15) is 22.8 Å². The maximum absolute atomic E-state index is 12.6. The number of carbonyl (C=O) groups is 2. The summed E-state index contributed by atoms with van der Waals surface area (Å²) >= 11 is 0. The van der Waals surface area contributed by atoms with Crippen LogP contribution in [0.5, 0.6) is 5.75 Å². The highest BCUT2D eigenvalue weighted by Crippen LogP contribution is 2.16. The molecule has 2 aromatic rings. The second-order valence-corrected chi connectivity index (χ2v) is 8.86. The van der Waals surface area contributed by atoms with E-state index in [0.29, 0.717) is 24.4 Å². The molecule has 3 rings (SSSR count). The Balaban J connectivity index is 1.50. The first-order valence-corrected chi connectivity index (χ1v) is 11.0. The van der Waals surface area contributed by atoms with Crippen molar-refractivity contribution in [1.29, 1.82) is 0 Å². The summed E-state index contributed by atoms with van der Waals surface area (Å²) < 4.78 is 32.1. The molecule has 0 spiro atoms. The number of hydrogen-bond donors (Lipinski definition) is 0. The fourth-order valence-electron chi connectivity index (χ4n) is 3.13. The van der Waals surface area contributed by atoms with Gasteiger partial charge in [-0.15, -0.1) is 0 Å². The van der Waals surface area contributed by atoms with Crippen LogP contribution < -0.4 is 4.74 Å². The Kier molecular flexibility index (Phi) is 6.66. The minimum atomic E-state index is -3.42. The largest absolute Gasteiger partial charge is 0.484 e. The van der Waals surface area contributed by atoms with Crippen LogP contribution in [0.3, 0.4) is 0 Å². The number of sulfonamides is 1. The van der Waals surface area contributed by atoms with E-state index in [2.05, 4.69) is 0 Å². The third-order valence-electron chi connectivity index (χ3n) is 4.78. The Morgan fingerprint density at radius 1 is 0.966 bits per heavy atom. The normalized spacial score (nSPS) is 15.1. The fourth-order valence-corrected chi connectivity index (χ4v) is 4.65. The summed E-state index contributed by atoms with van der Waals surface area (Å²) in [5.74, 6) is 0.125. The molecule has 2 aromatic carbocycles. The van der Waals surface area contributed by atoms with Gasteiger partial charge in [-0.25, -0.2) is 8.42 Å². The van der Waals surface area contributed by atoms with Crippen molar-refractivity contribution < 1.29 is 22.7 Å². The molecule has 7 nitrogen and oxygen atoms in total. The summed E-state index contributed by atoms with van der Waals surface area (Å²) in [4.78, 5) is 25.4. The topological polar surface area (TPSA) is 84.0 Å². The van der Waals surface area contributed by atoms with Gasteiger partial charge in [0, 0.05) is 31.7 Å². The van der Waals surface area contributed by atoms with Crippen molar-refractivity contribution in [3.63, 3.8) is 0 Å². The van der Waals surface area contributed by atoms with Gasteiger partial charge in [-0.2, -0.15) is 4.31 Å². The first kappa shape index (κ1) is 21.0. The second-order valence-electron chi connectivity index (χ2n) is 6.89. The van der Waals surface area contributed by atoms with Gasteiger partial charge in [0.15, 0.2) is 12.4 Å². The summed E-state index contributed by atoms with van der Waals surface area (Å²) in [5, 5.41) is 0. The van der Waals surface area contributed by atoms with E-state index in [1.54, 1.807) is 41.3 Å². The zero-order valence-electron chi connectivity index (χ0n) is 16.3. The lowest BCUT2D eigenvalue weighted by atomic mass is 10.1. The number of Topliss-reactive ketones (excluding diaryl/α,β-unsaturated/α-hetero) is 1. The predicted octanol–water partition coefficient (Wildman–Crippen LogP) is 1.94. The summed E-state index contributed by atoms with van der Waals surface area (Å²) in [6, 6.07) is 15.7. The van der Waals surface area contributed by atoms with Crippen LogP contribution in [0.2, 0.25) is 0 Å². The van der Waals surface area contributed by atoms with Crippen LogP contribution in [-0.2, 0) is 20.6 Å². The van der Waals surface area contributed by atoms with Crippen LogP contribution in [0, 0.1) is 0 Å². The Hall–Kier alpha value is -2.71. The minimum Gasteiger partial charge on any atom is -0.484 e. The van der Waals surface area contributed by atoms with Crippen LogP contribution in [0.15, 0.2) is 54.6 Å². The molecule has 0 bridgehead atoms. The third-order valence-corrected chi connectivity index (χ3v) is 6.63. The number of ether oxygens (including phenoxy) is 1. The number of benzene rings is 2. The molecule has 1 aliphatic rings. The van der Waals surface area contributed by atoms with E-state index in [1.807, 2.05) is 18.2 Å². The monoisotopic (exact) mass is 416 g/mol. The van der Waals surface area contributed by atoms with Crippen molar-refractivity contribution in [2.24, 2.45) is 0 Å². The molecule has 154 valence electrons. The van der Waals surface area contributed by atoms with E-state index in [9.17, 15) is 18.0 Å². The molecule has 1 fully saturated rings. The van der Waals surface area contributed by atoms with E-state index < -0.39 is 10.0 Å². The first-order valence-electron chi connectivity index (χ1n) is 9.38. The summed E-state index contributed by atoms with van der Waals surface area (Å²) in [5.41, 5.74) is 1.26. The molecule has 0 N–H and O–H groups in total. The maximum Gasteiger partial charge on any atom is 0.260 e. The van der Waals surface area contributed by atoms with Crippen molar-refractivity contribution in [1.82, 2.24) is 9.21 Å². The molecule has 1 heterocycles. The van der Waals surface area contributed by atoms with Gasteiger partial charge in [-0.05, 0) is 24.6 Å². The van der Waals surface area contributed by atoms with Gasteiger partial charge in [0.05, 0.1) is 5.75 Å². The van der Waals surface area contributed by atoms with Crippen LogP contribution in [0.4, 0.5) is 0 Å². The third kappa shape index (κ3) is 5.65. The van der Waals surface area contributed by atoms with E-state index in [-0.39, 0.29) is 37.1 Å². The molecule has 1 aliphatic heterocycles. The number of ketones is 1. The van der Waals surface area contributed by atoms with E-state index in [1.165, 1.54) is 11.2 Å². The lowest BCUT2D eigenvalue weighted by Gasteiger charge is -2.34. The standard InChI is InChI=1S/C21H24N2O5S/c1-17(24)19-8-5-9-20(14-19)28-15-21(25)22-10-12-23(13-11-22)29(26,27)16-18-6-3-2-4-7-18/h2-9,14H,10-13,15-16H2,1H3. The molecule has 0 aliphatic carbocycles. The number of amides is 1. The number of hydrogen-bond acceptors (Lipinski definition) is 5. The van der Waals surface area contributed by atoms with Gasteiger partial charge in [0.25, 0.3) is 5.91 Å². The molecule has 0 saturated carbocycles. The van der Waals surface area contributed by atoms with Gasteiger partial charge in [0.1, 0.15) is 5.75 Å². The molecule has 1 saturated heterocycles. The molecule has 29 heavy (non-hydrogen) atoms. The van der Waals surface area contributed by atoms with Gasteiger partial charge >= 0.3 is 0 Å². The van der Waals surface area contributed by atoms with Gasteiger partial charge in [-0.1, -0.05) is 42.5 Å². The van der Waals surface area contributed by atoms with Crippen molar-refractivity contribution in [3.8, 4) is 5.75 Å². The molecule has 0 atom stereocenters. The summed E-state index contributed by atoms with van der Waals surface area (Å²) in [6.45, 7) is 2.49. The fraction of sp³-hybridized carbons (Fsp3) is 0.333. The first-order chi connectivity index (χ1) is 13.8. The molecular weight excluding hydrogens is 392 g/mol. The highest BCUT2D eigenvalue weighted by molar-refractivity contribution is 7.88. The van der Waals surface area contributed by atoms with Gasteiger partial charge < -0.3 is 9.64 Å². The molecule has 1 amide bonds. The lowest BCUT2D eigenvalue weighted by Crippen LogP contribution is -2.51. The highest BCUT2D eigenvalue weighted by Gasteiger charge is 2.29. The molecule has 0 unspecified atom stereocenters. The Bertz CT molecular complexity index is 968. The zero-order chi connectivity index (χ0) is 20.9. The zero-order valence-corrected chi connectivity index (χ0v) is 17.1. The van der Waals surface area contributed by atoms with Crippen LogP contribution in [-0.4, -0.2) is 62.1 Å². The minimum absolute atomic E-state index is 0.0443. The van der Waals surface area contributed by atoms with Crippen molar-refractivity contribution in [3.05, 3.63) is 65.7 Å². The predicted molar refractivity (Wildman–Crippen MR) is 109 cm³/mol. The van der Waals surface area contributed by atoms with Crippen molar-refractivity contribution in [2.75, 3.05) is 32.8 Å². The van der Waals surface area contributed by atoms with Crippen molar-refractivity contribution >= 4 is 21.7 Å². The van der Waals surface area contributed by atoms with Gasteiger partial charge in [0.2, 0.25) is 10.0 Å². The summed E-state index contributed by atoms with van der Waals surface area (Å²) in [7, 11) is -3.42. The maximum atomic E-state index is 12.6. The molecule has 8 heteroatoms. The Morgan fingerprint density at radius 3 is 2.31 bits per heavy atom. The number of piperazine rings is 1. The quantitative estimate of drug-likeness (QED) is 0.644. The van der Waals surface area contributed by atoms with E-state index >= 15 is 0 Å². The van der Waals surface area contributed by atoms with E-state index in [4.69, 9.17) is 4.74 Å². The highest BCUT2D eigenvalue weighted by atomic mass is 32.2. The Labute approximate surface area is 170 Å². The average molecular weight is 416 g/mol. The number of nitrogens with zero attached hydrogens (tertiary/aromatic N) is 2. The SMILES string of the molecule is CC(=O)c1cccc(OCC(=O)N2CCN(S(=O)(=O)Cc3ccccc3)CC2)c1. The van der Waals surface area contributed by atoms with Crippen LogP contribution >= 0.6 is 0 Å². The van der Waals surface area contributed by atoms with Crippen LogP contribution in [0.25, 0.3) is 0 Å². The molecule has 0 aromatic heterocycles. The number of carbonyl (C=O) groups excluding carboxylic acids is 2. The average Bonchev–Trinajstić information content (AvgIpc) is 2.72. The lowest BCUT2D eigenvalue weighted by molar-refractivity contribution is -0.134. The second kappa shape index (κ2) is 9.19. The molecule has 0 radical (unpaired) electrons. The molecular formula is C21H24N2O5S. The summed E-state index contributed by atoms with van der Waals surface area (Å²) in [6.07, 6.45) is 0.